The number of rotatable bonds is 2. The topological polar surface area (TPSA) is 42.0 Å². The SMILES string of the molecule is Cc1ncccc1NC(=O)C(C)(C)F. The smallest absolute Gasteiger partial charge is 0.261 e. The van der Waals surface area contributed by atoms with Crippen LogP contribution in [0.5, 0.6) is 0 Å². The summed E-state index contributed by atoms with van der Waals surface area (Å²) in [6, 6.07) is 3.37. The fraction of sp³-hybridized carbons (Fsp3) is 0.400. The van der Waals surface area contributed by atoms with Gasteiger partial charge in [-0.1, -0.05) is 0 Å². The number of hydrogen-bond acceptors (Lipinski definition) is 2. The van der Waals surface area contributed by atoms with Gasteiger partial charge in [0.25, 0.3) is 5.91 Å². The number of aryl methyl sites for hydroxylation is 1. The first kappa shape index (κ1) is 10.6. The third-order valence-corrected chi connectivity index (χ3v) is 1.80. The van der Waals surface area contributed by atoms with E-state index in [9.17, 15) is 9.18 Å². The molecule has 0 aliphatic carbocycles. The second-order valence-electron chi connectivity index (χ2n) is 3.56. The molecule has 0 aromatic carbocycles. The number of amides is 1. The van der Waals surface area contributed by atoms with Crippen LogP contribution in [0.25, 0.3) is 0 Å². The number of anilines is 1. The van der Waals surface area contributed by atoms with E-state index in [4.69, 9.17) is 0 Å². The molecule has 0 aliphatic rings. The molecule has 76 valence electrons. The Balaban J connectivity index is 2.80. The van der Waals surface area contributed by atoms with Gasteiger partial charge in [-0.2, -0.15) is 0 Å². The van der Waals surface area contributed by atoms with Gasteiger partial charge in [0.1, 0.15) is 0 Å². The number of carbonyl (C=O) groups is 1. The minimum absolute atomic E-state index is 0.545. The third kappa shape index (κ3) is 2.52. The highest BCUT2D eigenvalue weighted by Crippen LogP contribution is 2.15. The maximum Gasteiger partial charge on any atom is 0.261 e. The predicted molar refractivity (Wildman–Crippen MR) is 52.8 cm³/mol. The van der Waals surface area contributed by atoms with Crippen molar-refractivity contribution in [1.82, 2.24) is 4.98 Å². The number of nitrogens with one attached hydrogen (secondary N) is 1. The van der Waals surface area contributed by atoms with Crippen LogP contribution in [-0.2, 0) is 4.79 Å². The summed E-state index contributed by atoms with van der Waals surface area (Å²) < 4.78 is 13.2. The van der Waals surface area contributed by atoms with Crippen LogP contribution >= 0.6 is 0 Å². The lowest BCUT2D eigenvalue weighted by atomic mass is 10.1. The maximum atomic E-state index is 13.2. The summed E-state index contributed by atoms with van der Waals surface area (Å²) >= 11 is 0. The van der Waals surface area contributed by atoms with E-state index < -0.39 is 11.6 Å². The van der Waals surface area contributed by atoms with Gasteiger partial charge < -0.3 is 5.32 Å². The predicted octanol–water partition coefficient (Wildman–Crippen LogP) is 2.08. The van der Waals surface area contributed by atoms with Gasteiger partial charge in [0.2, 0.25) is 0 Å². The normalized spacial score (nSPS) is 11.1. The Labute approximate surface area is 82.4 Å². The second kappa shape index (κ2) is 3.74. The standard InChI is InChI=1S/C10H13FN2O/c1-7-8(5-4-6-12-7)13-9(14)10(2,3)11/h4-6H,1-3H3,(H,13,14). The molecule has 0 saturated heterocycles. The van der Waals surface area contributed by atoms with Gasteiger partial charge in [-0.25, -0.2) is 4.39 Å². The molecule has 3 nitrogen and oxygen atoms in total. The Morgan fingerprint density at radius 3 is 2.71 bits per heavy atom. The summed E-state index contributed by atoms with van der Waals surface area (Å²) in [5, 5.41) is 2.47. The zero-order valence-corrected chi connectivity index (χ0v) is 8.47. The Morgan fingerprint density at radius 2 is 2.21 bits per heavy atom. The fourth-order valence-electron chi connectivity index (χ4n) is 0.887. The summed E-state index contributed by atoms with van der Waals surface area (Å²) in [7, 11) is 0. The highest BCUT2D eigenvalue weighted by molar-refractivity contribution is 5.96. The Morgan fingerprint density at radius 1 is 1.57 bits per heavy atom. The molecular weight excluding hydrogens is 183 g/mol. The molecule has 0 radical (unpaired) electrons. The van der Waals surface area contributed by atoms with Crippen molar-refractivity contribution in [2.24, 2.45) is 0 Å². The zero-order chi connectivity index (χ0) is 10.8. The van der Waals surface area contributed by atoms with Crippen LogP contribution < -0.4 is 5.32 Å². The van der Waals surface area contributed by atoms with Crippen LogP contribution in [0.15, 0.2) is 18.3 Å². The largest absolute Gasteiger partial charge is 0.322 e. The van der Waals surface area contributed by atoms with Crippen molar-refractivity contribution in [3.63, 3.8) is 0 Å². The number of hydrogen-bond donors (Lipinski definition) is 1. The zero-order valence-electron chi connectivity index (χ0n) is 8.47. The molecule has 0 fully saturated rings. The first-order valence-corrected chi connectivity index (χ1v) is 4.33. The summed E-state index contributed by atoms with van der Waals surface area (Å²) in [5.74, 6) is -0.659. The number of halogens is 1. The molecule has 0 aliphatic heterocycles. The van der Waals surface area contributed by atoms with Crippen molar-refractivity contribution in [3.8, 4) is 0 Å². The summed E-state index contributed by atoms with van der Waals surface area (Å²) in [5.41, 5.74) is -0.657. The first-order chi connectivity index (χ1) is 6.41. The lowest BCUT2D eigenvalue weighted by molar-refractivity contribution is -0.125. The quantitative estimate of drug-likeness (QED) is 0.786. The van der Waals surface area contributed by atoms with E-state index in [0.717, 1.165) is 0 Å². The molecule has 1 aromatic heterocycles. The van der Waals surface area contributed by atoms with Gasteiger partial charge in [-0.3, -0.25) is 9.78 Å². The molecule has 1 amide bonds. The minimum atomic E-state index is -1.87. The van der Waals surface area contributed by atoms with Gasteiger partial charge in [-0.15, -0.1) is 0 Å². The maximum absolute atomic E-state index is 13.2. The van der Waals surface area contributed by atoms with Gasteiger partial charge in [-0.05, 0) is 32.9 Å². The molecular formula is C10H13FN2O. The second-order valence-corrected chi connectivity index (χ2v) is 3.56. The summed E-state index contributed by atoms with van der Waals surface area (Å²) in [4.78, 5) is 15.2. The van der Waals surface area contributed by atoms with E-state index in [1.165, 1.54) is 13.8 Å². The van der Waals surface area contributed by atoms with Crippen molar-refractivity contribution in [1.29, 1.82) is 0 Å². The molecule has 14 heavy (non-hydrogen) atoms. The van der Waals surface area contributed by atoms with Gasteiger partial charge in [0.15, 0.2) is 5.67 Å². The fourth-order valence-corrected chi connectivity index (χ4v) is 0.887. The molecule has 0 bridgehead atoms. The Bertz CT molecular complexity index is 344. The number of pyridine rings is 1. The summed E-state index contributed by atoms with van der Waals surface area (Å²) in [6.07, 6.45) is 1.62. The average molecular weight is 196 g/mol. The lowest BCUT2D eigenvalue weighted by Gasteiger charge is -2.14. The molecule has 0 spiro atoms. The van der Waals surface area contributed by atoms with Crippen molar-refractivity contribution < 1.29 is 9.18 Å². The molecule has 4 heteroatoms. The number of alkyl halides is 1. The van der Waals surface area contributed by atoms with Crippen molar-refractivity contribution in [3.05, 3.63) is 24.0 Å². The highest BCUT2D eigenvalue weighted by Gasteiger charge is 2.26. The van der Waals surface area contributed by atoms with E-state index in [0.29, 0.717) is 11.4 Å². The molecule has 0 atom stereocenters. The van der Waals surface area contributed by atoms with E-state index in [1.807, 2.05) is 0 Å². The van der Waals surface area contributed by atoms with Gasteiger partial charge >= 0.3 is 0 Å². The molecule has 0 unspecified atom stereocenters. The minimum Gasteiger partial charge on any atom is -0.322 e. The van der Waals surface area contributed by atoms with Crippen molar-refractivity contribution in [2.75, 3.05) is 5.32 Å². The highest BCUT2D eigenvalue weighted by atomic mass is 19.1. The van der Waals surface area contributed by atoms with Crippen LogP contribution in [0, 0.1) is 6.92 Å². The van der Waals surface area contributed by atoms with Gasteiger partial charge in [0, 0.05) is 6.20 Å². The lowest BCUT2D eigenvalue weighted by Crippen LogP contribution is -2.32. The van der Waals surface area contributed by atoms with Crippen LogP contribution in [-0.4, -0.2) is 16.6 Å². The van der Waals surface area contributed by atoms with Gasteiger partial charge in [0.05, 0.1) is 11.4 Å². The summed E-state index contributed by atoms with van der Waals surface area (Å²) in [6.45, 7) is 4.18. The van der Waals surface area contributed by atoms with E-state index >= 15 is 0 Å². The molecule has 1 aromatic rings. The van der Waals surface area contributed by atoms with Crippen LogP contribution in [0.4, 0.5) is 10.1 Å². The van der Waals surface area contributed by atoms with Crippen molar-refractivity contribution in [2.45, 2.75) is 26.4 Å². The van der Waals surface area contributed by atoms with E-state index in [-0.39, 0.29) is 0 Å². The number of nitrogens with zero attached hydrogens (tertiary/aromatic N) is 1. The molecule has 1 heterocycles. The van der Waals surface area contributed by atoms with E-state index in [1.54, 1.807) is 25.3 Å². The molecule has 1 rings (SSSR count). The van der Waals surface area contributed by atoms with Crippen molar-refractivity contribution >= 4 is 11.6 Å². The van der Waals surface area contributed by atoms with Crippen LogP contribution in [0.3, 0.4) is 0 Å². The Hall–Kier alpha value is -1.45. The number of aromatic nitrogens is 1. The molecule has 0 saturated carbocycles. The Kier molecular flexibility index (Phi) is 2.84. The average Bonchev–Trinajstić information content (AvgIpc) is 2.07. The van der Waals surface area contributed by atoms with Crippen LogP contribution in [0.2, 0.25) is 0 Å². The first-order valence-electron chi connectivity index (χ1n) is 4.33. The third-order valence-electron chi connectivity index (χ3n) is 1.80. The van der Waals surface area contributed by atoms with E-state index in [2.05, 4.69) is 10.3 Å². The van der Waals surface area contributed by atoms with Crippen LogP contribution in [0.1, 0.15) is 19.5 Å². The monoisotopic (exact) mass is 196 g/mol. The number of carbonyl (C=O) groups excluding carboxylic acids is 1. The molecule has 1 N–H and O–H groups in total.